The Kier molecular flexibility index (Phi) is 2.88. The molecule has 2 aliphatic rings. The molecule has 2 unspecified atom stereocenters. The van der Waals surface area contributed by atoms with Gasteiger partial charge in [0, 0.05) is 30.4 Å². The summed E-state index contributed by atoms with van der Waals surface area (Å²) in [6.07, 6.45) is 2.84. The lowest BCUT2D eigenvalue weighted by Gasteiger charge is -2.19. The lowest BCUT2D eigenvalue weighted by Crippen LogP contribution is -2.13. The van der Waals surface area contributed by atoms with E-state index in [0.717, 1.165) is 38.2 Å². The first-order valence-electron chi connectivity index (χ1n) is 6.01. The molecule has 1 saturated heterocycles. The largest absolute Gasteiger partial charge is 0.481 e. The van der Waals surface area contributed by atoms with E-state index in [2.05, 4.69) is 4.98 Å². The van der Waals surface area contributed by atoms with Gasteiger partial charge >= 0.3 is 5.97 Å². The average Bonchev–Trinajstić information content (AvgIpc) is 3.01. The van der Waals surface area contributed by atoms with Gasteiger partial charge in [-0.15, -0.1) is 11.3 Å². The Morgan fingerprint density at radius 1 is 1.47 bits per heavy atom. The number of carbonyl (C=O) groups is 1. The molecule has 0 radical (unpaired) electrons. The molecule has 4 nitrogen and oxygen atoms in total. The Labute approximate surface area is 104 Å². The Bertz CT molecular complexity index is 425. The van der Waals surface area contributed by atoms with E-state index in [-0.39, 0.29) is 11.8 Å². The van der Waals surface area contributed by atoms with Crippen LogP contribution in [-0.4, -0.2) is 29.3 Å². The second-order valence-electron chi connectivity index (χ2n) is 4.78. The van der Waals surface area contributed by atoms with Crippen molar-refractivity contribution in [3.8, 4) is 0 Å². The van der Waals surface area contributed by atoms with Crippen molar-refractivity contribution in [3.63, 3.8) is 0 Å². The summed E-state index contributed by atoms with van der Waals surface area (Å²) >= 11 is 1.68. The number of aliphatic carboxylic acids is 1. The molecule has 0 spiro atoms. The summed E-state index contributed by atoms with van der Waals surface area (Å²) in [7, 11) is 0. The average molecular weight is 253 g/mol. The van der Waals surface area contributed by atoms with Crippen LogP contribution in [-0.2, 0) is 9.53 Å². The zero-order chi connectivity index (χ0) is 11.8. The van der Waals surface area contributed by atoms with Gasteiger partial charge in [-0.3, -0.25) is 4.79 Å². The first-order valence-corrected chi connectivity index (χ1v) is 6.89. The highest BCUT2D eigenvalue weighted by Crippen LogP contribution is 2.48. The van der Waals surface area contributed by atoms with Gasteiger partial charge in [0.05, 0.1) is 16.6 Å². The molecule has 1 N–H and O–H groups in total. The summed E-state index contributed by atoms with van der Waals surface area (Å²) in [6.45, 7) is 1.64. The maximum Gasteiger partial charge on any atom is 0.307 e. The quantitative estimate of drug-likeness (QED) is 0.897. The predicted molar refractivity (Wildman–Crippen MR) is 63.4 cm³/mol. The third kappa shape index (κ3) is 2.21. The van der Waals surface area contributed by atoms with Gasteiger partial charge < -0.3 is 9.84 Å². The van der Waals surface area contributed by atoms with E-state index in [1.54, 1.807) is 11.3 Å². The van der Waals surface area contributed by atoms with Crippen molar-refractivity contribution in [2.24, 2.45) is 5.92 Å². The smallest absolute Gasteiger partial charge is 0.307 e. The number of rotatable bonds is 3. The molecule has 2 atom stereocenters. The second-order valence-corrected chi connectivity index (χ2v) is 5.67. The van der Waals surface area contributed by atoms with Crippen LogP contribution in [0.4, 0.5) is 0 Å². The van der Waals surface area contributed by atoms with E-state index in [9.17, 15) is 4.79 Å². The SMILES string of the molecule is O=C(O)C1CC1c1csc(C2CCOCC2)n1. The van der Waals surface area contributed by atoms with E-state index in [1.807, 2.05) is 5.38 Å². The van der Waals surface area contributed by atoms with Gasteiger partial charge in [-0.05, 0) is 19.3 Å². The van der Waals surface area contributed by atoms with Gasteiger partial charge in [0.2, 0.25) is 0 Å². The standard InChI is InChI=1S/C12H15NO3S/c14-12(15)9-5-8(9)10-6-17-11(13-10)7-1-3-16-4-2-7/h6-9H,1-5H2,(H,14,15). The molecule has 1 aromatic rings. The number of carboxylic acids is 1. The van der Waals surface area contributed by atoms with Gasteiger partial charge in [0.25, 0.3) is 0 Å². The van der Waals surface area contributed by atoms with Crippen LogP contribution in [0.25, 0.3) is 0 Å². The summed E-state index contributed by atoms with van der Waals surface area (Å²) in [6, 6.07) is 0. The van der Waals surface area contributed by atoms with E-state index < -0.39 is 5.97 Å². The highest BCUT2D eigenvalue weighted by Gasteiger charge is 2.45. The summed E-state index contributed by atoms with van der Waals surface area (Å²) in [5.74, 6) is -0.197. The molecule has 3 rings (SSSR count). The van der Waals surface area contributed by atoms with Crippen molar-refractivity contribution >= 4 is 17.3 Å². The molecule has 1 saturated carbocycles. The van der Waals surface area contributed by atoms with Crippen molar-refractivity contribution in [1.29, 1.82) is 0 Å². The summed E-state index contributed by atoms with van der Waals surface area (Å²) in [5, 5.41) is 12.1. The van der Waals surface area contributed by atoms with Crippen molar-refractivity contribution in [1.82, 2.24) is 4.98 Å². The van der Waals surface area contributed by atoms with Crippen molar-refractivity contribution in [3.05, 3.63) is 16.1 Å². The molecular formula is C12H15NO3S. The zero-order valence-electron chi connectivity index (χ0n) is 9.46. The maximum absolute atomic E-state index is 10.8. The number of ether oxygens (including phenoxy) is 1. The van der Waals surface area contributed by atoms with Crippen molar-refractivity contribution in [2.75, 3.05) is 13.2 Å². The molecule has 1 aliphatic heterocycles. The van der Waals surface area contributed by atoms with Gasteiger partial charge in [0.1, 0.15) is 0 Å². The van der Waals surface area contributed by atoms with Gasteiger partial charge in [-0.2, -0.15) is 0 Å². The minimum absolute atomic E-state index is 0.164. The van der Waals surface area contributed by atoms with E-state index >= 15 is 0 Å². The van der Waals surface area contributed by atoms with Crippen LogP contribution >= 0.6 is 11.3 Å². The fraction of sp³-hybridized carbons (Fsp3) is 0.667. The summed E-state index contributed by atoms with van der Waals surface area (Å²) in [5.41, 5.74) is 0.990. The molecule has 1 aromatic heterocycles. The van der Waals surface area contributed by atoms with Crippen LogP contribution in [0, 0.1) is 5.92 Å². The maximum atomic E-state index is 10.8. The fourth-order valence-corrected chi connectivity index (χ4v) is 3.45. The van der Waals surface area contributed by atoms with Crippen molar-refractivity contribution < 1.29 is 14.6 Å². The first-order chi connectivity index (χ1) is 8.25. The van der Waals surface area contributed by atoms with Gasteiger partial charge in [0.15, 0.2) is 0 Å². The Morgan fingerprint density at radius 3 is 2.88 bits per heavy atom. The topological polar surface area (TPSA) is 59.4 Å². The second kappa shape index (κ2) is 4.38. The van der Waals surface area contributed by atoms with E-state index in [4.69, 9.17) is 9.84 Å². The number of carboxylic acid groups (broad SMARTS) is 1. The Hall–Kier alpha value is -0.940. The predicted octanol–water partition coefficient (Wildman–Crippen LogP) is 2.23. The van der Waals surface area contributed by atoms with Gasteiger partial charge in [-0.25, -0.2) is 4.98 Å². The van der Waals surface area contributed by atoms with Gasteiger partial charge in [-0.1, -0.05) is 0 Å². The number of nitrogens with zero attached hydrogens (tertiary/aromatic N) is 1. The van der Waals surface area contributed by atoms with Crippen LogP contribution < -0.4 is 0 Å². The third-order valence-corrected chi connectivity index (χ3v) is 4.62. The summed E-state index contributed by atoms with van der Waals surface area (Å²) < 4.78 is 5.34. The van der Waals surface area contributed by atoms with Crippen LogP contribution in [0.15, 0.2) is 5.38 Å². The Balaban J connectivity index is 1.68. The van der Waals surface area contributed by atoms with Crippen molar-refractivity contribution in [2.45, 2.75) is 31.1 Å². The number of thiazole rings is 1. The molecule has 17 heavy (non-hydrogen) atoms. The highest BCUT2D eigenvalue weighted by atomic mass is 32.1. The Morgan fingerprint density at radius 2 is 2.24 bits per heavy atom. The van der Waals surface area contributed by atoms with E-state index in [0.29, 0.717) is 5.92 Å². The lowest BCUT2D eigenvalue weighted by atomic mass is 10.0. The third-order valence-electron chi connectivity index (χ3n) is 3.60. The van der Waals surface area contributed by atoms with Crippen LogP contribution in [0.3, 0.4) is 0 Å². The van der Waals surface area contributed by atoms with Crippen LogP contribution in [0.2, 0.25) is 0 Å². The molecular weight excluding hydrogens is 238 g/mol. The molecule has 0 amide bonds. The molecule has 5 heteroatoms. The lowest BCUT2D eigenvalue weighted by molar-refractivity contribution is -0.138. The van der Waals surface area contributed by atoms with Crippen LogP contribution in [0.1, 0.15) is 41.8 Å². The van der Waals surface area contributed by atoms with E-state index in [1.165, 1.54) is 5.01 Å². The zero-order valence-corrected chi connectivity index (χ0v) is 10.3. The summed E-state index contributed by atoms with van der Waals surface area (Å²) in [4.78, 5) is 15.4. The normalized spacial score (nSPS) is 29.2. The minimum atomic E-state index is -0.685. The number of hydrogen-bond acceptors (Lipinski definition) is 4. The monoisotopic (exact) mass is 253 g/mol. The molecule has 92 valence electrons. The fourth-order valence-electron chi connectivity index (χ4n) is 2.40. The highest BCUT2D eigenvalue weighted by molar-refractivity contribution is 7.09. The molecule has 2 heterocycles. The molecule has 1 aliphatic carbocycles. The molecule has 0 bridgehead atoms. The number of aromatic nitrogens is 1. The molecule has 0 aromatic carbocycles. The number of hydrogen-bond donors (Lipinski definition) is 1. The molecule has 2 fully saturated rings. The van der Waals surface area contributed by atoms with Crippen LogP contribution in [0.5, 0.6) is 0 Å². The minimum Gasteiger partial charge on any atom is -0.481 e. The first kappa shape index (κ1) is 11.2.